The van der Waals surface area contributed by atoms with Gasteiger partial charge in [-0.15, -0.1) is 0 Å². The zero-order valence-electron chi connectivity index (χ0n) is 58.9. The first-order valence-electron chi connectivity index (χ1n) is 34.1. The first kappa shape index (κ1) is 70.3. The van der Waals surface area contributed by atoms with Crippen LogP contribution in [0, 0.1) is 0 Å². The van der Waals surface area contributed by atoms with Gasteiger partial charge in [0.25, 0.3) is 0 Å². The van der Waals surface area contributed by atoms with E-state index < -0.39 is 32.3 Å². The molecule has 0 N–H and O–H groups in total. The van der Waals surface area contributed by atoms with E-state index in [1.807, 2.05) is 9.36 Å². The molecule has 0 bridgehead atoms. The SMILES string of the molecule is CN1CCN(c2cnc(C(=O)c3ncc(N4CCN(C)CC4)nc3N3Cc4nc(-c5nn(COCC[Si](C)(C)C)c6cc(Br)ccc56)n(COCC[Si](C)(C)C)c4C3)c(N3Cc4nc(-c5nn(COCC[Si](C)(C)C)c6cc(Br)ccc56)n(COCC[Si](C)(C)C)c4C3)n2)CC1. The second-order valence-corrected chi connectivity index (χ2v) is 55.7. The third kappa shape index (κ3) is 16.5. The summed E-state index contributed by atoms with van der Waals surface area (Å²) in [5, 5.41) is 12.5. The summed E-state index contributed by atoms with van der Waals surface area (Å²) in [4.78, 5) is 61.9. The quantitative estimate of drug-likeness (QED) is 0.0255. The number of rotatable bonds is 28. The van der Waals surface area contributed by atoms with E-state index in [1.54, 1.807) is 12.4 Å². The van der Waals surface area contributed by atoms with Crippen molar-refractivity contribution in [1.82, 2.24) is 68.4 Å². The van der Waals surface area contributed by atoms with Crippen LogP contribution in [0.5, 0.6) is 0 Å². The minimum atomic E-state index is -1.43. The Labute approximate surface area is 586 Å². The van der Waals surface area contributed by atoms with Gasteiger partial charge in [-0.25, -0.2) is 39.3 Å². The van der Waals surface area contributed by atoms with E-state index in [9.17, 15) is 0 Å². The van der Waals surface area contributed by atoms with Crippen molar-refractivity contribution in [1.29, 1.82) is 0 Å². The molecule has 0 amide bonds. The maximum Gasteiger partial charge on any atom is 0.237 e. The van der Waals surface area contributed by atoms with Crippen molar-refractivity contribution in [3.63, 3.8) is 0 Å². The maximum atomic E-state index is 16.2. The van der Waals surface area contributed by atoms with E-state index in [4.69, 9.17) is 59.0 Å². The minimum absolute atomic E-state index is 0.194. The highest BCUT2D eigenvalue weighted by atomic mass is 79.9. The van der Waals surface area contributed by atoms with Gasteiger partial charge in [0.05, 0.1) is 72.4 Å². The molecule has 2 aromatic carbocycles. The average Bonchev–Trinajstić information content (AvgIpc) is 1.60. The van der Waals surface area contributed by atoms with Crippen LogP contribution < -0.4 is 19.6 Å². The molecule has 12 rings (SSSR count). The number of ketones is 1. The van der Waals surface area contributed by atoms with Crippen LogP contribution in [0.2, 0.25) is 103 Å². The lowest BCUT2D eigenvalue weighted by molar-refractivity contribution is 0.0813. The van der Waals surface area contributed by atoms with Crippen molar-refractivity contribution < 1.29 is 23.7 Å². The Morgan fingerprint density at radius 3 is 1.17 bits per heavy atom. The van der Waals surface area contributed by atoms with Gasteiger partial charge in [0.2, 0.25) is 5.78 Å². The van der Waals surface area contributed by atoms with Crippen molar-refractivity contribution >= 4 is 115 Å². The molecule has 6 aromatic heterocycles. The van der Waals surface area contributed by atoms with E-state index in [0.29, 0.717) is 89.3 Å². The number of carbonyl (C=O) groups is 1. The van der Waals surface area contributed by atoms with Crippen molar-refractivity contribution in [2.75, 3.05) is 112 Å². The molecular formula is C67H98Br2N18O5Si4. The molecule has 2 fully saturated rings. The number of nitrogens with zero attached hydrogens (tertiary/aromatic N) is 18. The third-order valence-electron chi connectivity index (χ3n) is 18.5. The number of halogens is 2. The number of likely N-dealkylation sites (N-methyl/N-ethyl adjacent to an activating group) is 2. The molecule has 0 aliphatic carbocycles. The number of imidazole rings is 2. The van der Waals surface area contributed by atoms with Crippen LogP contribution in [0.1, 0.15) is 39.0 Å². The lowest BCUT2D eigenvalue weighted by Crippen LogP contribution is -2.45. The van der Waals surface area contributed by atoms with Crippen LogP contribution in [0.3, 0.4) is 0 Å². The summed E-state index contributed by atoms with van der Waals surface area (Å²) < 4.78 is 36.2. The minimum Gasteiger partial charge on any atom is -0.361 e. The van der Waals surface area contributed by atoms with Gasteiger partial charge in [0.1, 0.15) is 49.9 Å². The fourth-order valence-electron chi connectivity index (χ4n) is 12.4. The number of hydrogen-bond donors (Lipinski definition) is 0. The summed E-state index contributed by atoms with van der Waals surface area (Å²) in [6.45, 7) is 40.3. The highest BCUT2D eigenvalue weighted by Crippen LogP contribution is 2.40. The molecule has 0 saturated carbocycles. The molecule has 29 heteroatoms. The maximum absolute atomic E-state index is 16.2. The van der Waals surface area contributed by atoms with E-state index >= 15 is 4.79 Å². The lowest BCUT2D eigenvalue weighted by atomic mass is 10.1. The molecule has 23 nitrogen and oxygen atoms in total. The molecule has 96 heavy (non-hydrogen) atoms. The smallest absolute Gasteiger partial charge is 0.237 e. The number of benzene rings is 2. The summed E-state index contributed by atoms with van der Waals surface area (Å²) in [5.41, 5.74) is 7.46. The third-order valence-corrected chi connectivity index (χ3v) is 26.3. The zero-order valence-corrected chi connectivity index (χ0v) is 66.1. The molecule has 4 aliphatic heterocycles. The topological polar surface area (TPSA) is 196 Å². The van der Waals surface area contributed by atoms with Crippen LogP contribution >= 0.6 is 31.9 Å². The molecule has 2 saturated heterocycles. The Hall–Kier alpha value is -5.58. The van der Waals surface area contributed by atoms with Gasteiger partial charge in [-0.1, -0.05) is 110 Å². The van der Waals surface area contributed by atoms with Gasteiger partial charge in [-0.3, -0.25) is 4.79 Å². The number of hydrogen-bond acceptors (Lipinski definition) is 19. The number of ether oxygens (including phenoxy) is 4. The summed E-state index contributed by atoms with van der Waals surface area (Å²) in [5.74, 6) is 3.44. The summed E-state index contributed by atoms with van der Waals surface area (Å²) >= 11 is 7.49. The zero-order chi connectivity index (χ0) is 68.0. The van der Waals surface area contributed by atoms with Gasteiger partial charge in [-0.2, -0.15) is 10.2 Å². The molecule has 0 atom stereocenters. The van der Waals surface area contributed by atoms with E-state index in [2.05, 4.69) is 199 Å². The van der Waals surface area contributed by atoms with E-state index in [0.717, 1.165) is 153 Å². The largest absolute Gasteiger partial charge is 0.361 e. The van der Waals surface area contributed by atoms with Crippen LogP contribution in [-0.2, 0) is 72.0 Å². The highest BCUT2D eigenvalue weighted by molar-refractivity contribution is 9.10. The Morgan fingerprint density at radius 1 is 0.458 bits per heavy atom. The Balaban J connectivity index is 0.918. The molecule has 0 spiro atoms. The second kappa shape index (κ2) is 28.9. The predicted octanol–water partition coefficient (Wildman–Crippen LogP) is 12.2. The van der Waals surface area contributed by atoms with Crippen LogP contribution in [0.25, 0.3) is 44.8 Å². The van der Waals surface area contributed by atoms with Crippen molar-refractivity contribution in [2.45, 2.75) is 156 Å². The molecular weight excluding hydrogens is 1410 g/mol. The molecule has 0 unspecified atom stereocenters. The van der Waals surface area contributed by atoms with E-state index in [1.165, 1.54) is 0 Å². The van der Waals surface area contributed by atoms with Gasteiger partial charge in [-0.05, 0) is 74.7 Å². The first-order chi connectivity index (χ1) is 45.6. The lowest BCUT2D eigenvalue weighted by Gasteiger charge is -2.34. The fourth-order valence-corrected chi connectivity index (χ4v) is 16.1. The monoisotopic (exact) mass is 1500 g/mol. The predicted molar refractivity (Wildman–Crippen MR) is 400 cm³/mol. The van der Waals surface area contributed by atoms with Gasteiger partial charge < -0.3 is 57.5 Å². The Morgan fingerprint density at radius 2 is 0.812 bits per heavy atom. The average molecular weight is 1510 g/mol. The van der Waals surface area contributed by atoms with Gasteiger partial charge >= 0.3 is 0 Å². The van der Waals surface area contributed by atoms with Crippen molar-refractivity contribution in [2.24, 2.45) is 0 Å². The van der Waals surface area contributed by atoms with Gasteiger partial charge in [0.15, 0.2) is 34.7 Å². The van der Waals surface area contributed by atoms with Crippen molar-refractivity contribution in [3.05, 3.63) is 91.9 Å². The number of fused-ring (bicyclic) bond motifs is 4. The highest BCUT2D eigenvalue weighted by Gasteiger charge is 2.38. The first-order valence-corrected chi connectivity index (χ1v) is 50.5. The summed E-state index contributed by atoms with van der Waals surface area (Å²) in [6.07, 6.45) is 3.53. The summed E-state index contributed by atoms with van der Waals surface area (Å²) in [7, 11) is -1.21. The van der Waals surface area contributed by atoms with E-state index in [-0.39, 0.29) is 30.6 Å². The van der Waals surface area contributed by atoms with Gasteiger partial charge in [0, 0.05) is 131 Å². The normalized spacial score (nSPS) is 16.2. The standard InChI is InChI=1S/C67H98Br2N18O5Si4/c1-78-19-23-80(24-20-78)57-37-70-61(64(74-57)82-39-51-55(41-82)84(43-89-27-31-93(3,4)5)66(72-51)59-49-17-15-47(68)35-53(49)86(76-59)45-91-29-33-95(9,10)11)63(88)62-65(75-58(38-71-62)81-25-21-79(2)22-26-81)83-40-52-56(42-83)85(44-90-28-32-94(6,7)8)67(73-52)60-50-18-16-48(69)36-54(50)87(77-60)46-92-30-34-96(12,13)14/h15-18,35-38H,19-34,39-46H2,1-14H3. The summed E-state index contributed by atoms with van der Waals surface area (Å²) in [6, 6.07) is 16.7. The fraction of sp³-hybridized carbons (Fsp3) is 0.567. The Bertz CT molecular complexity index is 3840. The molecule has 516 valence electrons. The van der Waals surface area contributed by atoms with Crippen LogP contribution in [0.15, 0.2) is 57.7 Å². The van der Waals surface area contributed by atoms with Crippen molar-refractivity contribution in [3.8, 4) is 23.0 Å². The molecule has 8 aromatic rings. The number of anilines is 4. The molecule has 10 heterocycles. The Kier molecular flexibility index (Phi) is 21.2. The molecule has 0 radical (unpaired) electrons. The number of carbonyl (C=O) groups excluding carboxylic acids is 1. The second-order valence-electron chi connectivity index (χ2n) is 31.3. The van der Waals surface area contributed by atoms with Crippen LogP contribution in [0.4, 0.5) is 23.3 Å². The van der Waals surface area contributed by atoms with Crippen LogP contribution in [-0.4, -0.2) is 199 Å². The number of piperazine rings is 2. The molecule has 4 aliphatic rings. The number of aromatic nitrogens is 12.